The Bertz CT molecular complexity index is 1100. The number of rotatable bonds is 5. The van der Waals surface area contributed by atoms with Crippen LogP contribution in [0.5, 0.6) is 0 Å². The molecular formula is C27H25N. The van der Waals surface area contributed by atoms with Crippen LogP contribution >= 0.6 is 0 Å². The molecule has 1 aliphatic carbocycles. The zero-order chi connectivity index (χ0) is 19.7. The lowest BCUT2D eigenvalue weighted by Gasteiger charge is -2.21. The maximum atomic E-state index is 3.92. The molecule has 3 aromatic carbocycles. The molecule has 0 atom stereocenters. The van der Waals surface area contributed by atoms with E-state index in [1.807, 2.05) is 12.2 Å². The maximum Gasteiger partial charge on any atom is 0.0467 e. The normalized spacial score (nSPS) is 14.1. The first-order chi connectivity index (χ1) is 13.6. The molecule has 0 spiro atoms. The smallest absolute Gasteiger partial charge is 0.0467 e. The molecule has 0 unspecified atom stereocenters. The van der Waals surface area contributed by atoms with Gasteiger partial charge in [-0.15, -0.1) is 0 Å². The van der Waals surface area contributed by atoms with Crippen LogP contribution in [0.2, 0.25) is 0 Å². The van der Waals surface area contributed by atoms with Crippen molar-refractivity contribution < 1.29 is 0 Å². The van der Waals surface area contributed by atoms with Crippen molar-refractivity contribution in [2.75, 3.05) is 5.32 Å². The minimum atomic E-state index is 0.00811. The largest absolute Gasteiger partial charge is 0.355 e. The van der Waals surface area contributed by atoms with Crippen molar-refractivity contribution in [3.63, 3.8) is 0 Å². The molecule has 28 heavy (non-hydrogen) atoms. The summed E-state index contributed by atoms with van der Waals surface area (Å²) in [5.74, 6) is 0. The summed E-state index contributed by atoms with van der Waals surface area (Å²) in [6.45, 7) is 12.3. The molecule has 0 fully saturated rings. The molecule has 4 rings (SSSR count). The lowest BCUT2D eigenvalue weighted by molar-refractivity contribution is 0.660. The molecule has 0 aliphatic heterocycles. The van der Waals surface area contributed by atoms with E-state index < -0.39 is 0 Å². The van der Waals surface area contributed by atoms with Gasteiger partial charge in [-0.1, -0.05) is 93.8 Å². The Labute approximate surface area is 167 Å². The highest BCUT2D eigenvalue weighted by Crippen LogP contribution is 2.51. The van der Waals surface area contributed by atoms with Crippen molar-refractivity contribution >= 4 is 16.9 Å². The van der Waals surface area contributed by atoms with Crippen LogP contribution in [-0.4, -0.2) is 0 Å². The van der Waals surface area contributed by atoms with Crippen molar-refractivity contribution in [2.45, 2.75) is 19.3 Å². The predicted molar refractivity (Wildman–Crippen MR) is 122 cm³/mol. The van der Waals surface area contributed by atoms with Crippen molar-refractivity contribution in [2.24, 2.45) is 0 Å². The van der Waals surface area contributed by atoms with Crippen LogP contribution in [0.25, 0.3) is 16.7 Å². The standard InChI is InChI=1S/C27H25N/c1-5-11-19(6-2)20-12-9-13-21(18-20)28-25-17-10-16-24-26(25)22-14-7-8-15-23(22)27(24,3)4/h5-18,28H,1-2H2,3-4H3/b19-11+. The summed E-state index contributed by atoms with van der Waals surface area (Å²) in [6.07, 6.45) is 5.63. The van der Waals surface area contributed by atoms with Gasteiger partial charge in [0.2, 0.25) is 0 Å². The highest BCUT2D eigenvalue weighted by Gasteiger charge is 2.36. The second-order valence-corrected chi connectivity index (χ2v) is 7.67. The summed E-state index contributed by atoms with van der Waals surface area (Å²) in [5.41, 5.74) is 9.76. The predicted octanol–water partition coefficient (Wildman–Crippen LogP) is 7.49. The average molecular weight is 364 g/mol. The van der Waals surface area contributed by atoms with E-state index in [2.05, 4.69) is 99.1 Å². The van der Waals surface area contributed by atoms with Gasteiger partial charge >= 0.3 is 0 Å². The zero-order valence-corrected chi connectivity index (χ0v) is 16.5. The first-order valence-corrected chi connectivity index (χ1v) is 9.62. The van der Waals surface area contributed by atoms with E-state index in [4.69, 9.17) is 0 Å². The Morgan fingerprint density at radius 2 is 1.64 bits per heavy atom. The van der Waals surface area contributed by atoms with Crippen LogP contribution < -0.4 is 5.32 Å². The van der Waals surface area contributed by atoms with E-state index in [0.717, 1.165) is 22.5 Å². The molecule has 1 N–H and O–H groups in total. The summed E-state index contributed by atoms with van der Waals surface area (Å²) in [6, 6.07) is 23.7. The molecule has 1 aliphatic rings. The van der Waals surface area contributed by atoms with Crippen LogP contribution in [0.4, 0.5) is 11.4 Å². The van der Waals surface area contributed by atoms with Gasteiger partial charge in [0.25, 0.3) is 0 Å². The van der Waals surface area contributed by atoms with Gasteiger partial charge < -0.3 is 5.32 Å². The van der Waals surface area contributed by atoms with Gasteiger partial charge in [0.1, 0.15) is 0 Å². The highest BCUT2D eigenvalue weighted by molar-refractivity contribution is 5.91. The van der Waals surface area contributed by atoms with Crippen molar-refractivity contribution in [1.29, 1.82) is 0 Å². The Hall–Kier alpha value is -3.32. The minimum absolute atomic E-state index is 0.00811. The Morgan fingerprint density at radius 3 is 2.43 bits per heavy atom. The van der Waals surface area contributed by atoms with E-state index >= 15 is 0 Å². The minimum Gasteiger partial charge on any atom is -0.355 e. The molecule has 0 aromatic heterocycles. The molecule has 0 bridgehead atoms. The molecule has 0 saturated carbocycles. The molecule has 138 valence electrons. The fourth-order valence-electron chi connectivity index (χ4n) is 4.20. The summed E-state index contributed by atoms with van der Waals surface area (Å²) >= 11 is 0. The van der Waals surface area contributed by atoms with Gasteiger partial charge in [-0.2, -0.15) is 0 Å². The number of anilines is 2. The highest BCUT2D eigenvalue weighted by atomic mass is 14.9. The first-order valence-electron chi connectivity index (χ1n) is 9.62. The number of hydrogen-bond acceptors (Lipinski definition) is 1. The molecule has 1 heteroatoms. The third kappa shape index (κ3) is 2.90. The molecule has 0 saturated heterocycles. The Morgan fingerprint density at radius 1 is 0.893 bits per heavy atom. The van der Waals surface area contributed by atoms with Crippen LogP contribution in [0.1, 0.15) is 30.5 Å². The second-order valence-electron chi connectivity index (χ2n) is 7.67. The molecule has 0 heterocycles. The number of nitrogens with one attached hydrogen (secondary N) is 1. The Kier molecular flexibility index (Phi) is 4.52. The molecule has 0 amide bonds. The van der Waals surface area contributed by atoms with Gasteiger partial charge in [-0.3, -0.25) is 0 Å². The third-order valence-corrected chi connectivity index (χ3v) is 5.60. The van der Waals surface area contributed by atoms with Crippen LogP contribution in [0.15, 0.2) is 98.1 Å². The van der Waals surface area contributed by atoms with Gasteiger partial charge in [0.05, 0.1) is 0 Å². The third-order valence-electron chi connectivity index (χ3n) is 5.60. The van der Waals surface area contributed by atoms with Gasteiger partial charge in [-0.25, -0.2) is 0 Å². The van der Waals surface area contributed by atoms with Crippen LogP contribution in [0.3, 0.4) is 0 Å². The SMILES string of the molecule is C=C/C=C(\C=C)c1cccc(Nc2cccc3c2-c2ccccc2C3(C)C)c1. The fraction of sp³-hybridized carbons (Fsp3) is 0.111. The summed E-state index contributed by atoms with van der Waals surface area (Å²) in [5, 5.41) is 3.66. The van der Waals surface area contributed by atoms with Gasteiger partial charge in [-0.05, 0) is 46.0 Å². The lowest BCUT2D eigenvalue weighted by atomic mass is 9.82. The number of fused-ring (bicyclic) bond motifs is 3. The maximum absolute atomic E-state index is 3.92. The van der Waals surface area contributed by atoms with Crippen LogP contribution in [-0.2, 0) is 5.41 Å². The lowest BCUT2D eigenvalue weighted by Crippen LogP contribution is -2.14. The number of hydrogen-bond donors (Lipinski definition) is 1. The summed E-state index contributed by atoms with van der Waals surface area (Å²) in [4.78, 5) is 0. The molecule has 3 aromatic rings. The first kappa shape index (κ1) is 18.1. The molecule has 1 nitrogen and oxygen atoms in total. The Balaban J connectivity index is 1.79. The van der Waals surface area contributed by atoms with E-state index in [9.17, 15) is 0 Å². The zero-order valence-electron chi connectivity index (χ0n) is 16.5. The quantitative estimate of drug-likeness (QED) is 0.463. The fourth-order valence-corrected chi connectivity index (χ4v) is 4.20. The van der Waals surface area contributed by atoms with Crippen LogP contribution in [0, 0.1) is 0 Å². The average Bonchev–Trinajstić information content (AvgIpc) is 2.95. The topological polar surface area (TPSA) is 12.0 Å². The van der Waals surface area contributed by atoms with Gasteiger partial charge in [0.15, 0.2) is 0 Å². The van der Waals surface area contributed by atoms with E-state index in [1.165, 1.54) is 22.3 Å². The summed E-state index contributed by atoms with van der Waals surface area (Å²) < 4.78 is 0. The van der Waals surface area contributed by atoms with E-state index in [-0.39, 0.29) is 5.41 Å². The second kappa shape index (κ2) is 7.01. The monoisotopic (exact) mass is 363 g/mol. The van der Waals surface area contributed by atoms with Crippen molar-refractivity contribution in [3.8, 4) is 11.1 Å². The number of allylic oxidation sites excluding steroid dienone is 4. The van der Waals surface area contributed by atoms with E-state index in [0.29, 0.717) is 0 Å². The van der Waals surface area contributed by atoms with Gasteiger partial charge in [0, 0.05) is 22.4 Å². The van der Waals surface area contributed by atoms with E-state index in [1.54, 1.807) is 6.08 Å². The van der Waals surface area contributed by atoms with Crippen molar-refractivity contribution in [1.82, 2.24) is 0 Å². The number of benzene rings is 3. The molecular weight excluding hydrogens is 338 g/mol. The van der Waals surface area contributed by atoms with Crippen molar-refractivity contribution in [3.05, 3.63) is 115 Å². The summed E-state index contributed by atoms with van der Waals surface area (Å²) in [7, 11) is 0. The molecule has 0 radical (unpaired) electrons.